The number of nitrogens with one attached hydrogen (secondary N) is 1. The Bertz CT molecular complexity index is 640. The molecule has 3 N–H and O–H groups in total. The topological polar surface area (TPSA) is 64.3 Å². The second-order valence-electron chi connectivity index (χ2n) is 5.35. The molecule has 0 aromatic heterocycles. The lowest BCUT2D eigenvalue weighted by Crippen LogP contribution is -2.43. The predicted octanol–water partition coefficient (Wildman–Crippen LogP) is 2.25. The molecule has 0 aliphatic carbocycles. The zero-order chi connectivity index (χ0) is 15.9. The summed E-state index contributed by atoms with van der Waals surface area (Å²) in [6.07, 6.45) is 0. The van der Waals surface area contributed by atoms with E-state index in [0.717, 1.165) is 11.1 Å². The Morgan fingerprint density at radius 2 is 1.86 bits per heavy atom. The van der Waals surface area contributed by atoms with Crippen molar-refractivity contribution in [2.45, 2.75) is 19.5 Å². The number of methoxy groups -OCH3 is 1. The molecule has 0 saturated carbocycles. The van der Waals surface area contributed by atoms with Crippen LogP contribution in [0.15, 0.2) is 48.5 Å². The fourth-order valence-electron chi connectivity index (χ4n) is 2.26. The van der Waals surface area contributed by atoms with E-state index in [4.69, 9.17) is 10.5 Å². The summed E-state index contributed by atoms with van der Waals surface area (Å²) in [6.45, 7) is 2.75. The Kier molecular flexibility index (Phi) is 5.69. The minimum absolute atomic E-state index is 0.206. The Hall–Kier alpha value is -2.17. The lowest BCUT2D eigenvalue weighted by Gasteiger charge is -2.12. The highest BCUT2D eigenvalue weighted by Gasteiger charge is 2.12. The molecule has 0 saturated heterocycles. The summed E-state index contributed by atoms with van der Waals surface area (Å²) in [4.78, 5) is 11.8. The molecule has 2 aromatic rings. The van der Waals surface area contributed by atoms with Crippen LogP contribution < -0.4 is 11.1 Å². The number of carbonyl (C=O) groups is 1. The predicted molar refractivity (Wildman–Crippen MR) is 88.3 cm³/mol. The van der Waals surface area contributed by atoms with Crippen molar-refractivity contribution in [3.63, 3.8) is 0 Å². The highest BCUT2D eigenvalue weighted by molar-refractivity contribution is 5.81. The van der Waals surface area contributed by atoms with E-state index in [-0.39, 0.29) is 12.5 Å². The first-order valence-corrected chi connectivity index (χ1v) is 7.28. The molecule has 0 aliphatic heterocycles. The van der Waals surface area contributed by atoms with Gasteiger partial charge in [-0.25, -0.2) is 0 Å². The summed E-state index contributed by atoms with van der Waals surface area (Å²) in [5.74, 6) is -0.206. The Morgan fingerprint density at radius 3 is 2.55 bits per heavy atom. The molecule has 0 aliphatic rings. The maximum atomic E-state index is 11.8. The summed E-state index contributed by atoms with van der Waals surface area (Å²) >= 11 is 0. The van der Waals surface area contributed by atoms with Crippen LogP contribution in [-0.2, 0) is 16.1 Å². The smallest absolute Gasteiger partial charge is 0.239 e. The monoisotopic (exact) mass is 298 g/mol. The minimum Gasteiger partial charge on any atom is -0.383 e. The number of rotatable bonds is 6. The summed E-state index contributed by atoms with van der Waals surface area (Å²) < 4.78 is 4.88. The summed E-state index contributed by atoms with van der Waals surface area (Å²) in [7, 11) is 1.53. The number of benzene rings is 2. The third-order valence-corrected chi connectivity index (χ3v) is 3.43. The van der Waals surface area contributed by atoms with Crippen LogP contribution >= 0.6 is 0 Å². The lowest BCUT2D eigenvalue weighted by molar-refractivity contribution is -0.123. The molecule has 1 atom stereocenters. The van der Waals surface area contributed by atoms with Gasteiger partial charge in [-0.05, 0) is 29.7 Å². The molecule has 4 nitrogen and oxygen atoms in total. The summed E-state index contributed by atoms with van der Waals surface area (Å²) in [5, 5.41) is 2.83. The van der Waals surface area contributed by atoms with Gasteiger partial charge in [0, 0.05) is 13.7 Å². The number of hydrogen-bond acceptors (Lipinski definition) is 3. The first-order valence-electron chi connectivity index (χ1n) is 7.28. The molecule has 0 bridgehead atoms. The van der Waals surface area contributed by atoms with Gasteiger partial charge in [-0.1, -0.05) is 48.0 Å². The van der Waals surface area contributed by atoms with Gasteiger partial charge in [-0.2, -0.15) is 0 Å². The van der Waals surface area contributed by atoms with Gasteiger partial charge in [0.1, 0.15) is 6.04 Å². The molecule has 22 heavy (non-hydrogen) atoms. The van der Waals surface area contributed by atoms with E-state index in [0.29, 0.717) is 6.54 Å². The Balaban J connectivity index is 2.04. The number of hydrogen-bond donors (Lipinski definition) is 2. The Morgan fingerprint density at radius 1 is 1.18 bits per heavy atom. The third kappa shape index (κ3) is 4.41. The number of aryl methyl sites for hydroxylation is 1. The van der Waals surface area contributed by atoms with Crippen molar-refractivity contribution in [2.24, 2.45) is 5.73 Å². The van der Waals surface area contributed by atoms with Crippen molar-refractivity contribution in [3.05, 3.63) is 59.7 Å². The molecule has 0 radical (unpaired) electrons. The molecule has 116 valence electrons. The van der Waals surface area contributed by atoms with Crippen LogP contribution in [-0.4, -0.2) is 25.7 Å². The van der Waals surface area contributed by atoms with Crippen molar-refractivity contribution in [1.82, 2.24) is 5.32 Å². The largest absolute Gasteiger partial charge is 0.383 e. The van der Waals surface area contributed by atoms with E-state index in [1.54, 1.807) is 0 Å². The molecule has 4 heteroatoms. The molecular formula is C18H22N2O2. The number of amides is 1. The minimum atomic E-state index is -0.634. The summed E-state index contributed by atoms with van der Waals surface area (Å²) in [6, 6.07) is 15.8. The molecule has 0 spiro atoms. The van der Waals surface area contributed by atoms with E-state index >= 15 is 0 Å². The summed E-state index contributed by atoms with van der Waals surface area (Å²) in [5.41, 5.74) is 10.3. The molecule has 0 heterocycles. The van der Waals surface area contributed by atoms with Crippen LogP contribution in [0.2, 0.25) is 0 Å². The average Bonchev–Trinajstić information content (AvgIpc) is 2.53. The highest BCUT2D eigenvalue weighted by atomic mass is 16.5. The Labute approximate surface area is 131 Å². The van der Waals surface area contributed by atoms with E-state index in [1.165, 1.54) is 18.2 Å². The van der Waals surface area contributed by atoms with Gasteiger partial charge in [0.2, 0.25) is 5.91 Å². The van der Waals surface area contributed by atoms with Crippen LogP contribution in [0.4, 0.5) is 0 Å². The van der Waals surface area contributed by atoms with Crippen LogP contribution in [0.1, 0.15) is 11.1 Å². The average molecular weight is 298 g/mol. The van der Waals surface area contributed by atoms with Crippen LogP contribution in [0.5, 0.6) is 0 Å². The van der Waals surface area contributed by atoms with Crippen LogP contribution in [0.3, 0.4) is 0 Å². The van der Waals surface area contributed by atoms with E-state index in [1.807, 2.05) is 18.2 Å². The van der Waals surface area contributed by atoms with Crippen molar-refractivity contribution in [3.8, 4) is 11.1 Å². The third-order valence-electron chi connectivity index (χ3n) is 3.43. The number of nitrogens with two attached hydrogens (primary N) is 1. The van der Waals surface area contributed by atoms with Crippen LogP contribution in [0.25, 0.3) is 11.1 Å². The molecule has 0 fully saturated rings. The molecule has 2 aromatic carbocycles. The molecule has 2 rings (SSSR count). The number of carbonyl (C=O) groups excluding carboxylic acids is 1. The number of ether oxygens (including phenoxy) is 1. The molecule has 1 unspecified atom stereocenters. The van der Waals surface area contributed by atoms with Gasteiger partial charge in [0.05, 0.1) is 6.61 Å². The molecule has 1 amide bonds. The highest BCUT2D eigenvalue weighted by Crippen LogP contribution is 2.21. The standard InChI is InChI=1S/C18H22N2O2/c1-13-5-3-7-15(9-13)16-8-4-6-14(10-16)11-20-18(21)17(19)12-22-2/h3-10,17H,11-12,19H2,1-2H3,(H,20,21). The van der Waals surface area contributed by atoms with Crippen molar-refractivity contribution >= 4 is 5.91 Å². The van der Waals surface area contributed by atoms with Crippen molar-refractivity contribution < 1.29 is 9.53 Å². The maximum Gasteiger partial charge on any atom is 0.239 e. The second-order valence-corrected chi connectivity index (χ2v) is 5.35. The second kappa shape index (κ2) is 7.73. The first kappa shape index (κ1) is 16.2. The van der Waals surface area contributed by atoms with Gasteiger partial charge >= 0.3 is 0 Å². The maximum absolute atomic E-state index is 11.8. The van der Waals surface area contributed by atoms with E-state index in [9.17, 15) is 4.79 Å². The van der Waals surface area contributed by atoms with E-state index in [2.05, 4.69) is 42.6 Å². The van der Waals surface area contributed by atoms with Crippen molar-refractivity contribution in [2.75, 3.05) is 13.7 Å². The normalized spacial score (nSPS) is 12.0. The van der Waals surface area contributed by atoms with Gasteiger partial charge in [0.25, 0.3) is 0 Å². The van der Waals surface area contributed by atoms with E-state index < -0.39 is 6.04 Å². The van der Waals surface area contributed by atoms with Gasteiger partial charge in [0.15, 0.2) is 0 Å². The fourth-order valence-corrected chi connectivity index (χ4v) is 2.26. The van der Waals surface area contributed by atoms with Crippen LogP contribution in [0, 0.1) is 6.92 Å². The lowest BCUT2D eigenvalue weighted by atomic mass is 10.0. The zero-order valence-electron chi connectivity index (χ0n) is 13.0. The van der Waals surface area contributed by atoms with Crippen molar-refractivity contribution in [1.29, 1.82) is 0 Å². The first-order chi connectivity index (χ1) is 10.6. The van der Waals surface area contributed by atoms with Gasteiger partial charge < -0.3 is 15.8 Å². The molecular weight excluding hydrogens is 276 g/mol. The SMILES string of the molecule is COCC(N)C(=O)NCc1cccc(-c2cccc(C)c2)c1. The van der Waals surface area contributed by atoms with Gasteiger partial charge in [-0.15, -0.1) is 0 Å². The van der Waals surface area contributed by atoms with Gasteiger partial charge in [-0.3, -0.25) is 4.79 Å². The quantitative estimate of drug-likeness (QED) is 0.859. The fraction of sp³-hybridized carbons (Fsp3) is 0.278. The zero-order valence-corrected chi connectivity index (χ0v) is 13.0.